The molecule has 2 heterocycles. The molecule has 2 saturated heterocycles. The number of piperidine rings is 1. The van der Waals surface area contributed by atoms with Gasteiger partial charge in [0.1, 0.15) is 5.75 Å². The Morgan fingerprint density at radius 1 is 1.00 bits per heavy atom. The third kappa shape index (κ3) is 5.88. The van der Waals surface area contributed by atoms with Crippen LogP contribution in [0.5, 0.6) is 5.75 Å². The summed E-state index contributed by atoms with van der Waals surface area (Å²) in [4.78, 5) is 28.1. The summed E-state index contributed by atoms with van der Waals surface area (Å²) in [5, 5.41) is 0. The van der Waals surface area contributed by atoms with Crippen molar-refractivity contribution < 1.29 is 14.3 Å². The van der Waals surface area contributed by atoms with E-state index < -0.39 is 5.91 Å². The smallest absolute Gasteiger partial charge is 0.255 e. The Balaban J connectivity index is 1.22. The van der Waals surface area contributed by atoms with Crippen LogP contribution in [0, 0.1) is 5.41 Å². The first-order chi connectivity index (χ1) is 15.5. The van der Waals surface area contributed by atoms with E-state index in [2.05, 4.69) is 35.2 Å². The van der Waals surface area contributed by atoms with Crippen LogP contribution in [0.2, 0.25) is 0 Å². The van der Waals surface area contributed by atoms with Crippen LogP contribution >= 0.6 is 0 Å². The van der Waals surface area contributed by atoms with Crippen LogP contribution in [0.3, 0.4) is 0 Å². The van der Waals surface area contributed by atoms with Crippen LogP contribution in [0.1, 0.15) is 36.8 Å². The van der Waals surface area contributed by atoms with E-state index >= 15 is 0 Å². The molecule has 2 amide bonds. The monoisotopic (exact) mass is 435 g/mol. The number of aryl methyl sites for hydroxylation is 1. The maximum atomic E-state index is 12.7. The van der Waals surface area contributed by atoms with E-state index in [9.17, 15) is 9.59 Å². The Morgan fingerprint density at radius 3 is 2.41 bits per heavy atom. The Bertz CT molecular complexity index is 906. The number of amides is 2. The van der Waals surface area contributed by atoms with Gasteiger partial charge in [0.15, 0.2) is 6.61 Å². The van der Waals surface area contributed by atoms with Crippen LogP contribution < -0.4 is 10.5 Å². The molecule has 2 N–H and O–H groups in total. The van der Waals surface area contributed by atoms with Crippen LogP contribution in [-0.4, -0.2) is 54.4 Å². The molecular weight excluding hydrogens is 402 g/mol. The van der Waals surface area contributed by atoms with Crippen LogP contribution in [-0.2, 0) is 22.6 Å². The number of benzene rings is 2. The van der Waals surface area contributed by atoms with Crippen molar-refractivity contribution in [2.45, 2.75) is 38.6 Å². The molecule has 1 spiro atoms. The minimum Gasteiger partial charge on any atom is -0.484 e. The third-order valence-corrected chi connectivity index (χ3v) is 6.78. The number of hydrogen-bond acceptors (Lipinski definition) is 4. The molecule has 0 radical (unpaired) electrons. The Labute approximate surface area is 190 Å². The zero-order chi connectivity index (χ0) is 22.4. The number of ether oxygens (including phenoxy) is 1. The molecule has 170 valence electrons. The van der Waals surface area contributed by atoms with Gasteiger partial charge in [-0.3, -0.25) is 9.59 Å². The van der Waals surface area contributed by atoms with Gasteiger partial charge >= 0.3 is 0 Å². The summed E-state index contributed by atoms with van der Waals surface area (Å²) < 4.78 is 5.31. The van der Waals surface area contributed by atoms with Crippen molar-refractivity contribution in [1.82, 2.24) is 9.80 Å². The summed E-state index contributed by atoms with van der Waals surface area (Å²) in [5.74, 6) is 0.372. The molecule has 0 unspecified atom stereocenters. The van der Waals surface area contributed by atoms with Gasteiger partial charge in [-0.05, 0) is 74.0 Å². The van der Waals surface area contributed by atoms with Crippen LogP contribution in [0.25, 0.3) is 0 Å². The van der Waals surface area contributed by atoms with Gasteiger partial charge < -0.3 is 20.3 Å². The quantitative estimate of drug-likeness (QED) is 0.657. The number of primary amides is 1. The fraction of sp³-hybridized carbons (Fsp3) is 0.462. The van der Waals surface area contributed by atoms with Gasteiger partial charge in [-0.2, -0.15) is 0 Å². The molecule has 0 aliphatic carbocycles. The van der Waals surface area contributed by atoms with Crippen LogP contribution in [0.15, 0.2) is 54.6 Å². The number of hydrogen-bond donors (Lipinski definition) is 1. The number of nitrogens with two attached hydrogens (primary N) is 1. The van der Waals surface area contributed by atoms with E-state index in [-0.39, 0.29) is 17.9 Å². The van der Waals surface area contributed by atoms with Crippen LogP contribution in [0.4, 0.5) is 0 Å². The first-order valence-corrected chi connectivity index (χ1v) is 11.6. The number of carbonyl (C=O) groups excluding carboxylic acids is 2. The molecule has 32 heavy (non-hydrogen) atoms. The van der Waals surface area contributed by atoms with Gasteiger partial charge in [0.25, 0.3) is 5.91 Å². The topological polar surface area (TPSA) is 75.9 Å². The molecule has 6 heteroatoms. The average molecular weight is 436 g/mol. The maximum absolute atomic E-state index is 12.7. The van der Waals surface area contributed by atoms with E-state index in [1.165, 1.54) is 12.0 Å². The Kier molecular flexibility index (Phi) is 7.10. The first kappa shape index (κ1) is 22.3. The number of rotatable bonds is 9. The van der Waals surface area contributed by atoms with Gasteiger partial charge in [-0.1, -0.05) is 42.5 Å². The second-order valence-corrected chi connectivity index (χ2v) is 9.26. The highest BCUT2D eigenvalue weighted by molar-refractivity contribution is 5.79. The minimum atomic E-state index is -0.496. The lowest BCUT2D eigenvalue weighted by Crippen LogP contribution is -2.41. The van der Waals surface area contributed by atoms with Gasteiger partial charge in [-0.25, -0.2) is 0 Å². The zero-order valence-corrected chi connectivity index (χ0v) is 18.7. The highest BCUT2D eigenvalue weighted by Gasteiger charge is 2.44. The van der Waals surface area contributed by atoms with Crippen molar-refractivity contribution in [1.29, 1.82) is 0 Å². The average Bonchev–Trinajstić information content (AvgIpc) is 3.10. The number of carbonyl (C=O) groups is 2. The zero-order valence-electron chi connectivity index (χ0n) is 18.7. The summed E-state index contributed by atoms with van der Waals surface area (Å²) in [6.45, 7) is 4.65. The second kappa shape index (κ2) is 10.2. The molecule has 2 aliphatic rings. The lowest BCUT2D eigenvalue weighted by Gasteiger charge is -2.38. The molecule has 2 fully saturated rings. The van der Waals surface area contributed by atoms with Gasteiger partial charge in [-0.15, -0.1) is 0 Å². The molecule has 4 rings (SSSR count). The minimum absolute atomic E-state index is 0.129. The van der Waals surface area contributed by atoms with Gasteiger partial charge in [0, 0.05) is 19.5 Å². The van der Waals surface area contributed by atoms with E-state index in [1.54, 1.807) is 0 Å². The summed E-state index contributed by atoms with van der Waals surface area (Å²) in [7, 11) is 0. The third-order valence-electron chi connectivity index (χ3n) is 6.78. The lowest BCUT2D eigenvalue weighted by atomic mass is 9.77. The second-order valence-electron chi connectivity index (χ2n) is 9.26. The summed E-state index contributed by atoms with van der Waals surface area (Å²) in [6.07, 6.45) is 5.17. The first-order valence-electron chi connectivity index (χ1n) is 11.6. The predicted molar refractivity (Wildman–Crippen MR) is 124 cm³/mol. The normalized spacial score (nSPS) is 18.2. The summed E-state index contributed by atoms with van der Waals surface area (Å²) in [5.41, 5.74) is 7.72. The highest BCUT2D eigenvalue weighted by atomic mass is 16.5. The maximum Gasteiger partial charge on any atom is 0.255 e. The lowest BCUT2D eigenvalue weighted by molar-refractivity contribution is -0.128. The summed E-state index contributed by atoms with van der Waals surface area (Å²) >= 11 is 0. The molecule has 0 bridgehead atoms. The van der Waals surface area contributed by atoms with Crippen molar-refractivity contribution in [3.05, 3.63) is 65.7 Å². The number of likely N-dealkylation sites (tertiary alicyclic amines) is 2. The molecule has 2 aromatic carbocycles. The fourth-order valence-corrected chi connectivity index (χ4v) is 4.93. The molecule has 2 aliphatic heterocycles. The van der Waals surface area contributed by atoms with Gasteiger partial charge in [0.2, 0.25) is 5.91 Å². The van der Waals surface area contributed by atoms with E-state index in [0.29, 0.717) is 18.7 Å². The molecule has 2 aromatic rings. The standard InChI is InChI=1S/C26H33N3O3/c27-24(30)19-32-23-10-8-22(9-11-23)18-29-20-26(17-25(29)31)12-15-28(16-13-26)14-4-7-21-5-2-1-3-6-21/h1-3,5-6,8-11H,4,7,12-20H2,(H2,27,30). The molecule has 0 aromatic heterocycles. The Hall–Kier alpha value is -2.86. The van der Waals surface area contributed by atoms with Crippen molar-refractivity contribution >= 4 is 11.8 Å². The molecule has 0 atom stereocenters. The molecule has 0 saturated carbocycles. The molecule has 6 nitrogen and oxygen atoms in total. The Morgan fingerprint density at radius 2 is 1.72 bits per heavy atom. The van der Waals surface area contributed by atoms with Gasteiger partial charge in [0.05, 0.1) is 0 Å². The SMILES string of the molecule is NC(=O)COc1ccc(CN2CC3(CCN(CCCc4ccccc4)CC3)CC2=O)cc1. The van der Waals surface area contributed by atoms with Crippen molar-refractivity contribution in [3.8, 4) is 5.75 Å². The van der Waals surface area contributed by atoms with Crippen molar-refractivity contribution in [2.24, 2.45) is 11.1 Å². The summed E-state index contributed by atoms with van der Waals surface area (Å²) in [6, 6.07) is 18.2. The highest BCUT2D eigenvalue weighted by Crippen LogP contribution is 2.41. The fourth-order valence-electron chi connectivity index (χ4n) is 4.93. The van der Waals surface area contributed by atoms with E-state index in [1.807, 2.05) is 29.2 Å². The largest absolute Gasteiger partial charge is 0.484 e. The molecular formula is C26H33N3O3. The van der Waals surface area contributed by atoms with Crippen molar-refractivity contribution in [2.75, 3.05) is 32.8 Å². The van der Waals surface area contributed by atoms with Crippen molar-refractivity contribution in [3.63, 3.8) is 0 Å². The van der Waals surface area contributed by atoms with E-state index in [0.717, 1.165) is 51.0 Å². The van der Waals surface area contributed by atoms with E-state index in [4.69, 9.17) is 10.5 Å². The number of nitrogens with zero attached hydrogens (tertiary/aromatic N) is 2. The predicted octanol–water partition coefficient (Wildman–Crippen LogP) is 3.00.